The summed E-state index contributed by atoms with van der Waals surface area (Å²) < 4.78 is 2.02. The number of piperazine rings is 1. The van der Waals surface area contributed by atoms with Gasteiger partial charge in [-0.2, -0.15) is 9.61 Å². The van der Waals surface area contributed by atoms with Crippen molar-refractivity contribution in [1.82, 2.24) is 19.5 Å². The Bertz CT molecular complexity index is 778. The zero-order chi connectivity index (χ0) is 18.3. The van der Waals surface area contributed by atoms with E-state index < -0.39 is 0 Å². The molecule has 6 nitrogen and oxygen atoms in total. The average Bonchev–Trinajstić information content (AvgIpc) is 2.96. The van der Waals surface area contributed by atoms with Crippen LogP contribution >= 0.6 is 0 Å². The second-order valence-electron chi connectivity index (χ2n) is 7.85. The molecular weight excluding hydrogens is 326 g/mol. The van der Waals surface area contributed by atoms with Crippen LogP contribution in [-0.2, 0) is 6.42 Å². The smallest absolute Gasteiger partial charge is 0.160 e. The predicted octanol–water partition coefficient (Wildman–Crippen LogP) is 2.33. The van der Waals surface area contributed by atoms with Gasteiger partial charge in [0.2, 0.25) is 0 Å². The summed E-state index contributed by atoms with van der Waals surface area (Å²) in [7, 11) is 0. The van der Waals surface area contributed by atoms with E-state index in [1.807, 2.05) is 4.52 Å². The minimum Gasteiger partial charge on any atom is -0.391 e. The van der Waals surface area contributed by atoms with Crippen LogP contribution in [-0.4, -0.2) is 62.9 Å². The second-order valence-corrected chi connectivity index (χ2v) is 7.85. The van der Waals surface area contributed by atoms with Gasteiger partial charge in [0, 0.05) is 49.5 Å². The molecule has 1 aliphatic carbocycles. The van der Waals surface area contributed by atoms with Gasteiger partial charge in [0.05, 0.1) is 11.8 Å². The molecule has 142 valence electrons. The molecule has 0 radical (unpaired) electrons. The predicted molar refractivity (Wildman–Crippen MR) is 104 cm³/mol. The number of aryl methyl sites for hydroxylation is 3. The Hall–Kier alpha value is -1.66. The van der Waals surface area contributed by atoms with E-state index in [0.29, 0.717) is 6.04 Å². The van der Waals surface area contributed by atoms with Crippen LogP contribution in [0.5, 0.6) is 0 Å². The van der Waals surface area contributed by atoms with Crippen LogP contribution in [0.3, 0.4) is 0 Å². The Morgan fingerprint density at radius 1 is 1.12 bits per heavy atom. The van der Waals surface area contributed by atoms with Crippen molar-refractivity contribution in [3.05, 3.63) is 23.0 Å². The minimum atomic E-state index is -0.147. The van der Waals surface area contributed by atoms with Crippen molar-refractivity contribution in [3.63, 3.8) is 0 Å². The van der Waals surface area contributed by atoms with Crippen molar-refractivity contribution in [3.8, 4) is 0 Å². The molecule has 2 fully saturated rings. The molecule has 4 rings (SSSR count). The van der Waals surface area contributed by atoms with E-state index in [-0.39, 0.29) is 6.10 Å². The normalized spacial score (nSPS) is 25.2. The zero-order valence-electron chi connectivity index (χ0n) is 16.3. The highest BCUT2D eigenvalue weighted by Crippen LogP contribution is 2.27. The molecule has 26 heavy (non-hydrogen) atoms. The monoisotopic (exact) mass is 357 g/mol. The maximum atomic E-state index is 10.4. The number of aliphatic hydroxyl groups is 1. The van der Waals surface area contributed by atoms with Crippen molar-refractivity contribution < 1.29 is 5.11 Å². The molecule has 2 aliphatic rings. The molecule has 6 heteroatoms. The summed E-state index contributed by atoms with van der Waals surface area (Å²) in [4.78, 5) is 9.73. The highest BCUT2D eigenvalue weighted by molar-refractivity contribution is 5.57. The highest BCUT2D eigenvalue weighted by atomic mass is 16.3. The van der Waals surface area contributed by atoms with Crippen LogP contribution < -0.4 is 4.90 Å². The average molecular weight is 358 g/mol. The minimum absolute atomic E-state index is 0.147. The third-order valence-electron chi connectivity index (χ3n) is 6.25. The number of nitrogens with zero attached hydrogens (tertiary/aromatic N) is 5. The summed E-state index contributed by atoms with van der Waals surface area (Å²) in [5, 5.41) is 15.1. The first kappa shape index (κ1) is 17.7. The molecule has 0 aromatic carbocycles. The molecule has 0 spiro atoms. The van der Waals surface area contributed by atoms with Crippen molar-refractivity contribution in [2.45, 2.75) is 65.0 Å². The van der Waals surface area contributed by atoms with Gasteiger partial charge in [-0.05, 0) is 33.1 Å². The molecule has 0 unspecified atom stereocenters. The van der Waals surface area contributed by atoms with Crippen LogP contribution in [0.15, 0.2) is 6.07 Å². The maximum Gasteiger partial charge on any atom is 0.160 e. The topological polar surface area (TPSA) is 56.9 Å². The fourth-order valence-electron chi connectivity index (χ4n) is 4.47. The molecule has 2 aromatic rings. The first-order valence-corrected chi connectivity index (χ1v) is 10.1. The van der Waals surface area contributed by atoms with Crippen molar-refractivity contribution >= 4 is 11.5 Å². The first-order chi connectivity index (χ1) is 12.6. The van der Waals surface area contributed by atoms with Crippen LogP contribution in [0, 0.1) is 13.8 Å². The SMILES string of the molecule is CCc1cc(N2CCN([C@H]3CCCC[C@@H]3O)CC2)n2nc(C)c(C)c2n1. The third-order valence-corrected chi connectivity index (χ3v) is 6.25. The highest BCUT2D eigenvalue weighted by Gasteiger charge is 2.31. The molecule has 0 bridgehead atoms. The van der Waals surface area contributed by atoms with Gasteiger partial charge in [-0.15, -0.1) is 0 Å². The number of aliphatic hydroxyl groups excluding tert-OH is 1. The lowest BCUT2D eigenvalue weighted by atomic mass is 9.91. The summed E-state index contributed by atoms with van der Waals surface area (Å²) in [6.07, 6.45) is 5.30. The van der Waals surface area contributed by atoms with Crippen molar-refractivity contribution in [2.24, 2.45) is 0 Å². The first-order valence-electron chi connectivity index (χ1n) is 10.1. The molecule has 1 aliphatic heterocycles. The molecule has 2 atom stereocenters. The number of hydrogen-bond acceptors (Lipinski definition) is 5. The largest absolute Gasteiger partial charge is 0.391 e. The van der Waals surface area contributed by atoms with Gasteiger partial charge in [0.15, 0.2) is 5.65 Å². The Balaban J connectivity index is 1.56. The van der Waals surface area contributed by atoms with Crippen molar-refractivity contribution in [1.29, 1.82) is 0 Å². The van der Waals surface area contributed by atoms with E-state index >= 15 is 0 Å². The summed E-state index contributed by atoms with van der Waals surface area (Å²) in [5.41, 5.74) is 4.34. The van der Waals surface area contributed by atoms with E-state index in [1.165, 1.54) is 18.4 Å². The van der Waals surface area contributed by atoms with Crippen molar-refractivity contribution in [2.75, 3.05) is 31.1 Å². The van der Waals surface area contributed by atoms with E-state index in [2.05, 4.69) is 36.6 Å². The lowest BCUT2D eigenvalue weighted by Gasteiger charge is -2.43. The van der Waals surface area contributed by atoms with Crippen LogP contribution in [0.2, 0.25) is 0 Å². The van der Waals surface area contributed by atoms with Gasteiger partial charge in [-0.1, -0.05) is 19.8 Å². The quantitative estimate of drug-likeness (QED) is 0.914. The molecule has 1 saturated heterocycles. The van der Waals surface area contributed by atoms with E-state index in [4.69, 9.17) is 10.1 Å². The standard InChI is InChI=1S/C20H31N5O/c1-4-16-13-19(25-20(21-16)14(2)15(3)22-25)24-11-9-23(10-12-24)17-7-5-6-8-18(17)26/h13,17-18,26H,4-12H2,1-3H3/t17-,18-/m0/s1. The van der Waals surface area contributed by atoms with Gasteiger partial charge >= 0.3 is 0 Å². The van der Waals surface area contributed by atoms with Crippen LogP contribution in [0.1, 0.15) is 49.6 Å². The Morgan fingerprint density at radius 2 is 1.85 bits per heavy atom. The fraction of sp³-hybridized carbons (Fsp3) is 0.700. The second kappa shape index (κ2) is 7.16. The van der Waals surface area contributed by atoms with E-state index in [0.717, 1.165) is 68.3 Å². The van der Waals surface area contributed by atoms with Gasteiger partial charge in [0.25, 0.3) is 0 Å². The van der Waals surface area contributed by atoms with Gasteiger partial charge in [-0.3, -0.25) is 4.90 Å². The van der Waals surface area contributed by atoms with Crippen LogP contribution in [0.4, 0.5) is 5.82 Å². The third kappa shape index (κ3) is 3.09. The van der Waals surface area contributed by atoms with E-state index in [9.17, 15) is 5.11 Å². The summed E-state index contributed by atoms with van der Waals surface area (Å²) >= 11 is 0. The number of fused-ring (bicyclic) bond motifs is 1. The summed E-state index contributed by atoms with van der Waals surface area (Å²) in [6, 6.07) is 2.55. The van der Waals surface area contributed by atoms with Gasteiger partial charge in [0.1, 0.15) is 5.82 Å². The lowest BCUT2D eigenvalue weighted by Crippen LogP contribution is -2.54. The Morgan fingerprint density at radius 3 is 2.54 bits per heavy atom. The molecule has 3 heterocycles. The summed E-state index contributed by atoms with van der Waals surface area (Å²) in [5.74, 6) is 1.16. The zero-order valence-corrected chi connectivity index (χ0v) is 16.3. The molecular formula is C20H31N5O. The fourth-order valence-corrected chi connectivity index (χ4v) is 4.47. The number of hydrogen-bond donors (Lipinski definition) is 1. The number of anilines is 1. The van der Waals surface area contributed by atoms with Gasteiger partial charge < -0.3 is 10.0 Å². The Labute approximate surface area is 155 Å². The molecule has 2 aromatic heterocycles. The lowest BCUT2D eigenvalue weighted by molar-refractivity contribution is 0.0172. The van der Waals surface area contributed by atoms with Crippen LogP contribution in [0.25, 0.3) is 5.65 Å². The number of rotatable bonds is 3. The molecule has 1 saturated carbocycles. The number of aromatic nitrogens is 3. The van der Waals surface area contributed by atoms with Gasteiger partial charge in [-0.25, -0.2) is 4.98 Å². The van der Waals surface area contributed by atoms with E-state index in [1.54, 1.807) is 0 Å². The molecule has 1 N–H and O–H groups in total. The maximum absolute atomic E-state index is 10.4. The summed E-state index contributed by atoms with van der Waals surface area (Å²) in [6.45, 7) is 10.3. The Kier molecular flexibility index (Phi) is 4.88. The molecule has 0 amide bonds.